The minimum absolute atomic E-state index is 0.0918. The van der Waals surface area contributed by atoms with Crippen LogP contribution in [0.25, 0.3) is 0 Å². The number of carbonyl (C=O) groups excluding carboxylic acids is 1. The Hall–Kier alpha value is -2.40. The molecule has 4 atom stereocenters. The van der Waals surface area contributed by atoms with Crippen LogP contribution in [0.5, 0.6) is 0 Å². The summed E-state index contributed by atoms with van der Waals surface area (Å²) in [6.07, 6.45) is 3.08. The lowest BCUT2D eigenvalue weighted by atomic mass is 10.1. The molecule has 1 amide bonds. The summed E-state index contributed by atoms with van der Waals surface area (Å²) < 4.78 is 5.80. The maximum absolute atomic E-state index is 12.7. The van der Waals surface area contributed by atoms with Crippen molar-refractivity contribution in [1.29, 1.82) is 0 Å². The number of pyridine rings is 1. The molecule has 27 heavy (non-hydrogen) atoms. The number of hydrogen-bond donors (Lipinski definition) is 1. The standard InChI is InChI=1S/C22H27N3O2/c1-14-4-6-17(7-5-14)19-11-20(19)24-22(26)21-10-18(8-9-23-21)25-12-15(2)27-16(3)13-25/h4-10,15-16,19-20H,11-13H2,1-3H3,(H,24,26)/t15-,16+,19-,20+/m0/s1. The number of nitrogens with one attached hydrogen (secondary N) is 1. The maximum Gasteiger partial charge on any atom is 0.270 e. The first-order valence-corrected chi connectivity index (χ1v) is 9.73. The Bertz CT molecular complexity index is 811. The molecule has 1 aliphatic heterocycles. The highest BCUT2D eigenvalue weighted by Gasteiger charge is 2.39. The molecule has 2 heterocycles. The Morgan fingerprint density at radius 1 is 1.15 bits per heavy atom. The van der Waals surface area contributed by atoms with Gasteiger partial charge in [-0.1, -0.05) is 29.8 Å². The zero-order valence-corrected chi connectivity index (χ0v) is 16.2. The second-order valence-electron chi connectivity index (χ2n) is 7.89. The topological polar surface area (TPSA) is 54.5 Å². The van der Waals surface area contributed by atoms with Crippen molar-refractivity contribution in [2.24, 2.45) is 0 Å². The first-order chi connectivity index (χ1) is 13.0. The third-order valence-corrected chi connectivity index (χ3v) is 5.37. The predicted molar refractivity (Wildman–Crippen MR) is 106 cm³/mol. The number of carbonyl (C=O) groups is 1. The van der Waals surface area contributed by atoms with E-state index in [0.717, 1.165) is 25.2 Å². The van der Waals surface area contributed by atoms with E-state index in [1.165, 1.54) is 11.1 Å². The van der Waals surface area contributed by atoms with Gasteiger partial charge in [0.1, 0.15) is 5.69 Å². The van der Waals surface area contributed by atoms with Gasteiger partial charge in [0.25, 0.3) is 5.91 Å². The number of hydrogen-bond acceptors (Lipinski definition) is 4. The van der Waals surface area contributed by atoms with Crippen molar-refractivity contribution in [3.63, 3.8) is 0 Å². The van der Waals surface area contributed by atoms with E-state index in [9.17, 15) is 4.79 Å². The molecule has 5 heteroatoms. The Morgan fingerprint density at radius 3 is 2.56 bits per heavy atom. The fourth-order valence-electron chi connectivity index (χ4n) is 3.91. The van der Waals surface area contributed by atoms with Crippen LogP contribution in [-0.4, -0.2) is 42.2 Å². The summed E-state index contributed by atoms with van der Waals surface area (Å²) in [5.41, 5.74) is 4.06. The number of aromatic nitrogens is 1. The van der Waals surface area contributed by atoms with Gasteiger partial charge in [-0.2, -0.15) is 0 Å². The first-order valence-electron chi connectivity index (χ1n) is 9.73. The molecule has 1 aliphatic carbocycles. The second-order valence-corrected chi connectivity index (χ2v) is 7.89. The van der Waals surface area contributed by atoms with Gasteiger partial charge in [-0.15, -0.1) is 0 Å². The van der Waals surface area contributed by atoms with E-state index < -0.39 is 0 Å². The highest BCUT2D eigenvalue weighted by Crippen LogP contribution is 2.40. The molecule has 0 radical (unpaired) electrons. The van der Waals surface area contributed by atoms with Crippen LogP contribution in [0.2, 0.25) is 0 Å². The van der Waals surface area contributed by atoms with Gasteiger partial charge < -0.3 is 15.0 Å². The number of ether oxygens (including phenoxy) is 1. The Kier molecular flexibility index (Phi) is 4.87. The van der Waals surface area contributed by atoms with Crippen LogP contribution in [0, 0.1) is 6.92 Å². The monoisotopic (exact) mass is 365 g/mol. The predicted octanol–water partition coefficient (Wildman–Crippen LogP) is 3.29. The first kappa shape index (κ1) is 18.0. The molecule has 2 fully saturated rings. The van der Waals surface area contributed by atoms with Gasteiger partial charge >= 0.3 is 0 Å². The molecule has 2 aliphatic rings. The van der Waals surface area contributed by atoms with Crippen LogP contribution in [0.15, 0.2) is 42.6 Å². The van der Waals surface area contributed by atoms with Crippen molar-refractivity contribution in [3.8, 4) is 0 Å². The van der Waals surface area contributed by atoms with Crippen LogP contribution in [0.1, 0.15) is 47.8 Å². The fourth-order valence-corrected chi connectivity index (χ4v) is 3.91. The zero-order valence-electron chi connectivity index (χ0n) is 16.2. The number of nitrogens with zero attached hydrogens (tertiary/aromatic N) is 2. The number of rotatable bonds is 4. The van der Waals surface area contributed by atoms with Crippen molar-refractivity contribution in [2.45, 2.75) is 51.4 Å². The van der Waals surface area contributed by atoms with E-state index in [0.29, 0.717) is 11.6 Å². The minimum Gasteiger partial charge on any atom is -0.372 e. The third kappa shape index (κ3) is 4.14. The molecular weight excluding hydrogens is 338 g/mol. The normalized spacial score (nSPS) is 27.3. The van der Waals surface area contributed by atoms with E-state index in [1.54, 1.807) is 6.20 Å². The Morgan fingerprint density at radius 2 is 1.85 bits per heavy atom. The highest BCUT2D eigenvalue weighted by atomic mass is 16.5. The van der Waals surface area contributed by atoms with Crippen molar-refractivity contribution in [2.75, 3.05) is 18.0 Å². The molecule has 4 rings (SSSR count). The summed E-state index contributed by atoms with van der Waals surface area (Å²) in [4.78, 5) is 19.2. The van der Waals surface area contributed by atoms with Gasteiger partial charge in [0.15, 0.2) is 0 Å². The lowest BCUT2D eigenvalue weighted by Crippen LogP contribution is -2.45. The average Bonchev–Trinajstić information content (AvgIpc) is 3.40. The molecule has 142 valence electrons. The van der Waals surface area contributed by atoms with Gasteiger partial charge in [0, 0.05) is 36.9 Å². The Labute approximate surface area is 160 Å². The molecule has 1 saturated carbocycles. The van der Waals surface area contributed by atoms with Crippen molar-refractivity contribution in [3.05, 3.63) is 59.4 Å². The number of aryl methyl sites for hydroxylation is 1. The molecule has 1 saturated heterocycles. The number of morpholine rings is 1. The SMILES string of the molecule is Cc1ccc([C@@H]2C[C@H]2NC(=O)c2cc(N3C[C@@H](C)O[C@@H](C)C3)ccn2)cc1. The lowest BCUT2D eigenvalue weighted by molar-refractivity contribution is -0.00522. The van der Waals surface area contributed by atoms with Gasteiger partial charge in [-0.05, 0) is 44.9 Å². The summed E-state index contributed by atoms with van der Waals surface area (Å²) >= 11 is 0. The van der Waals surface area contributed by atoms with Crippen molar-refractivity contribution >= 4 is 11.6 Å². The molecule has 0 unspecified atom stereocenters. The molecule has 0 spiro atoms. The van der Waals surface area contributed by atoms with E-state index in [1.807, 2.05) is 12.1 Å². The van der Waals surface area contributed by atoms with E-state index in [2.05, 4.69) is 60.2 Å². The molecule has 5 nitrogen and oxygen atoms in total. The maximum atomic E-state index is 12.7. The summed E-state index contributed by atoms with van der Waals surface area (Å²) in [7, 11) is 0. The molecule has 1 aromatic heterocycles. The summed E-state index contributed by atoms with van der Waals surface area (Å²) in [6, 6.07) is 12.6. The quantitative estimate of drug-likeness (QED) is 0.903. The van der Waals surface area contributed by atoms with Gasteiger partial charge in [0.2, 0.25) is 0 Å². The molecule has 2 aromatic rings. The van der Waals surface area contributed by atoms with Gasteiger partial charge in [-0.3, -0.25) is 9.78 Å². The summed E-state index contributed by atoms with van der Waals surface area (Å²) in [5.74, 6) is 0.324. The van der Waals surface area contributed by atoms with Crippen LogP contribution >= 0.6 is 0 Å². The summed E-state index contributed by atoms with van der Waals surface area (Å²) in [5, 5.41) is 3.14. The van der Waals surface area contributed by atoms with Gasteiger partial charge in [-0.25, -0.2) is 0 Å². The lowest BCUT2D eigenvalue weighted by Gasteiger charge is -2.36. The molecular formula is C22H27N3O2. The number of amides is 1. The van der Waals surface area contributed by atoms with Gasteiger partial charge in [0.05, 0.1) is 12.2 Å². The van der Waals surface area contributed by atoms with Crippen LogP contribution in [0.3, 0.4) is 0 Å². The smallest absolute Gasteiger partial charge is 0.270 e. The average molecular weight is 365 g/mol. The molecule has 1 N–H and O–H groups in total. The van der Waals surface area contributed by atoms with Crippen molar-refractivity contribution in [1.82, 2.24) is 10.3 Å². The summed E-state index contributed by atoms with van der Waals surface area (Å²) in [6.45, 7) is 7.90. The fraction of sp³-hybridized carbons (Fsp3) is 0.455. The van der Waals surface area contributed by atoms with Crippen LogP contribution in [-0.2, 0) is 4.74 Å². The van der Waals surface area contributed by atoms with Crippen molar-refractivity contribution < 1.29 is 9.53 Å². The number of benzene rings is 1. The number of anilines is 1. The van der Waals surface area contributed by atoms with E-state index >= 15 is 0 Å². The Balaban J connectivity index is 1.40. The second kappa shape index (κ2) is 7.31. The van der Waals surface area contributed by atoms with E-state index in [-0.39, 0.29) is 24.2 Å². The third-order valence-electron chi connectivity index (χ3n) is 5.37. The molecule has 0 bridgehead atoms. The largest absolute Gasteiger partial charge is 0.372 e. The van der Waals surface area contributed by atoms with Crippen LogP contribution < -0.4 is 10.2 Å². The molecule has 1 aromatic carbocycles. The highest BCUT2D eigenvalue weighted by molar-refractivity contribution is 5.93. The van der Waals surface area contributed by atoms with Crippen LogP contribution in [0.4, 0.5) is 5.69 Å². The zero-order chi connectivity index (χ0) is 19.0. The van der Waals surface area contributed by atoms with E-state index in [4.69, 9.17) is 4.74 Å². The minimum atomic E-state index is -0.0918.